The predicted molar refractivity (Wildman–Crippen MR) is 106 cm³/mol. The number of thioether (sulfide) groups is 1. The fourth-order valence-electron chi connectivity index (χ4n) is 4.00. The molecule has 9 heteroatoms. The van der Waals surface area contributed by atoms with Gasteiger partial charge in [0.15, 0.2) is 0 Å². The van der Waals surface area contributed by atoms with E-state index in [9.17, 15) is 14.7 Å². The highest BCUT2D eigenvalue weighted by Gasteiger charge is 2.46. The quantitative estimate of drug-likeness (QED) is 0.794. The van der Waals surface area contributed by atoms with E-state index in [1.165, 1.54) is 11.8 Å². The number of carboxylic acids is 1. The minimum Gasteiger partial charge on any atom is -0.488 e. The van der Waals surface area contributed by atoms with Gasteiger partial charge < -0.3 is 19.9 Å². The second kappa shape index (κ2) is 6.93. The number of anilines is 2. The number of carboxylic acid groups (broad SMARTS) is 1. The van der Waals surface area contributed by atoms with E-state index < -0.39 is 17.3 Å². The second-order valence-electron chi connectivity index (χ2n) is 7.24. The van der Waals surface area contributed by atoms with Crippen molar-refractivity contribution >= 4 is 35.1 Å². The van der Waals surface area contributed by atoms with Gasteiger partial charge in [0, 0.05) is 18.2 Å². The lowest BCUT2D eigenvalue weighted by molar-refractivity contribution is -0.136. The van der Waals surface area contributed by atoms with E-state index in [4.69, 9.17) is 9.47 Å². The van der Waals surface area contributed by atoms with Crippen molar-refractivity contribution in [3.8, 4) is 5.75 Å². The number of carbonyl (C=O) groups is 2. The second-order valence-corrected chi connectivity index (χ2v) is 8.37. The summed E-state index contributed by atoms with van der Waals surface area (Å²) >= 11 is 1.17. The molecule has 150 valence electrons. The Hall–Kier alpha value is -2.78. The smallest absolute Gasteiger partial charge is 0.327 e. The first-order valence-corrected chi connectivity index (χ1v) is 10.2. The molecule has 0 spiro atoms. The van der Waals surface area contributed by atoms with E-state index in [2.05, 4.69) is 10.3 Å². The van der Waals surface area contributed by atoms with E-state index >= 15 is 0 Å². The molecule has 1 aromatic carbocycles. The van der Waals surface area contributed by atoms with E-state index in [-0.39, 0.29) is 12.1 Å². The number of carbonyl (C=O) groups excluding carboxylic acids is 1. The molecule has 3 aliphatic heterocycles. The van der Waals surface area contributed by atoms with Gasteiger partial charge in [-0.25, -0.2) is 9.78 Å². The Morgan fingerprint density at radius 2 is 2.24 bits per heavy atom. The maximum Gasteiger partial charge on any atom is 0.327 e. The van der Waals surface area contributed by atoms with Crippen molar-refractivity contribution in [2.24, 2.45) is 0 Å². The summed E-state index contributed by atoms with van der Waals surface area (Å²) in [6.45, 7) is 3.21. The van der Waals surface area contributed by atoms with Crippen LogP contribution in [0.25, 0.3) is 0 Å². The van der Waals surface area contributed by atoms with Crippen molar-refractivity contribution in [2.45, 2.75) is 35.8 Å². The zero-order valence-corrected chi connectivity index (χ0v) is 16.4. The fourth-order valence-corrected chi connectivity index (χ4v) is 5.16. The van der Waals surface area contributed by atoms with Crippen LogP contribution in [0.4, 0.5) is 16.2 Å². The standard InChI is InChI=1S/C20H19N3O5S/c1-10-8-11(28-12-5-7-27-9-12)2-3-13(10)23-14-4-6-21-18-15(14)16(22-20(23)26)17(29-18)19(24)25/h2-4,6,8,12,16-17H,5,7,9H2,1H3,(H,22,26)(H,24,25)/t12?,16?,17-/m0/s1. The molecular weight excluding hydrogens is 394 g/mol. The maximum atomic E-state index is 13.0. The van der Waals surface area contributed by atoms with Crippen LogP contribution in [-0.2, 0) is 9.53 Å². The van der Waals surface area contributed by atoms with Gasteiger partial charge in [-0.1, -0.05) is 11.8 Å². The van der Waals surface area contributed by atoms with Gasteiger partial charge in [0.2, 0.25) is 0 Å². The Morgan fingerprint density at radius 3 is 2.97 bits per heavy atom. The van der Waals surface area contributed by atoms with E-state index in [1.54, 1.807) is 17.2 Å². The summed E-state index contributed by atoms with van der Waals surface area (Å²) in [5.74, 6) is -0.232. The van der Waals surface area contributed by atoms with Gasteiger partial charge in [-0.3, -0.25) is 9.69 Å². The Balaban J connectivity index is 1.51. The van der Waals surface area contributed by atoms with Gasteiger partial charge in [-0.2, -0.15) is 0 Å². The van der Waals surface area contributed by atoms with Crippen LogP contribution in [0.1, 0.15) is 23.6 Å². The number of amides is 2. The SMILES string of the molecule is Cc1cc(OC2CCOC2)ccc1N1C(=O)NC2c3c1ccnc3S[C@@H]2C(=O)O. The molecule has 5 rings (SSSR count). The van der Waals surface area contributed by atoms with Gasteiger partial charge in [0.25, 0.3) is 0 Å². The third-order valence-electron chi connectivity index (χ3n) is 5.35. The van der Waals surface area contributed by atoms with Gasteiger partial charge >= 0.3 is 12.0 Å². The number of aliphatic carboxylic acids is 1. The molecular formula is C20H19N3O5S. The average molecular weight is 413 g/mol. The summed E-state index contributed by atoms with van der Waals surface area (Å²) in [5, 5.41) is 12.2. The molecule has 0 saturated carbocycles. The third kappa shape index (κ3) is 3.01. The topological polar surface area (TPSA) is 101 Å². The predicted octanol–water partition coefficient (Wildman–Crippen LogP) is 3.02. The number of hydrogen-bond donors (Lipinski definition) is 2. The monoisotopic (exact) mass is 413 g/mol. The molecule has 4 heterocycles. The van der Waals surface area contributed by atoms with Crippen molar-refractivity contribution < 1.29 is 24.2 Å². The summed E-state index contributed by atoms with van der Waals surface area (Å²) in [6, 6.07) is 6.41. The summed E-state index contributed by atoms with van der Waals surface area (Å²) < 4.78 is 11.3. The Labute approximate surface area is 171 Å². The van der Waals surface area contributed by atoms with Crippen LogP contribution >= 0.6 is 11.8 Å². The average Bonchev–Trinajstić information content (AvgIpc) is 3.32. The molecule has 3 aliphatic rings. The van der Waals surface area contributed by atoms with Crippen LogP contribution in [0, 0.1) is 6.92 Å². The number of nitrogens with zero attached hydrogens (tertiary/aromatic N) is 2. The molecule has 29 heavy (non-hydrogen) atoms. The highest BCUT2D eigenvalue weighted by atomic mass is 32.2. The molecule has 1 aromatic heterocycles. The van der Waals surface area contributed by atoms with Gasteiger partial charge in [-0.05, 0) is 36.8 Å². The molecule has 2 aromatic rings. The number of nitrogens with one attached hydrogen (secondary N) is 1. The number of ether oxygens (including phenoxy) is 2. The Bertz CT molecular complexity index is 1010. The van der Waals surface area contributed by atoms with Gasteiger partial charge in [0.1, 0.15) is 22.1 Å². The molecule has 1 fully saturated rings. The zero-order valence-electron chi connectivity index (χ0n) is 15.6. The van der Waals surface area contributed by atoms with Crippen LogP contribution in [-0.4, -0.2) is 46.7 Å². The Morgan fingerprint density at radius 1 is 1.38 bits per heavy atom. The summed E-state index contributed by atoms with van der Waals surface area (Å²) in [6.07, 6.45) is 2.52. The molecule has 3 atom stereocenters. The lowest BCUT2D eigenvalue weighted by Crippen LogP contribution is -2.47. The fraction of sp³-hybridized carbons (Fsp3) is 0.350. The summed E-state index contributed by atoms with van der Waals surface area (Å²) in [5.41, 5.74) is 3.02. The van der Waals surface area contributed by atoms with Crippen LogP contribution < -0.4 is 15.0 Å². The van der Waals surface area contributed by atoms with E-state index in [1.807, 2.05) is 25.1 Å². The first-order chi connectivity index (χ1) is 14.0. The number of aryl methyl sites for hydroxylation is 1. The summed E-state index contributed by atoms with van der Waals surface area (Å²) in [7, 11) is 0. The molecule has 2 N–H and O–H groups in total. The zero-order chi connectivity index (χ0) is 20.1. The number of aromatic nitrogens is 1. The van der Waals surface area contributed by atoms with Gasteiger partial charge in [0.05, 0.1) is 30.6 Å². The molecule has 0 radical (unpaired) electrons. The van der Waals surface area contributed by atoms with Crippen LogP contribution in [0.5, 0.6) is 5.75 Å². The van der Waals surface area contributed by atoms with E-state index in [0.29, 0.717) is 29.6 Å². The molecule has 2 amide bonds. The molecule has 8 nitrogen and oxygen atoms in total. The first kappa shape index (κ1) is 18.3. The first-order valence-electron chi connectivity index (χ1n) is 9.37. The number of urea groups is 1. The largest absolute Gasteiger partial charge is 0.488 e. The lowest BCUT2D eigenvalue weighted by atomic mass is 10.00. The van der Waals surface area contributed by atoms with Crippen LogP contribution in [0.15, 0.2) is 35.5 Å². The highest BCUT2D eigenvalue weighted by Crippen LogP contribution is 2.50. The number of rotatable bonds is 4. The van der Waals surface area contributed by atoms with Crippen molar-refractivity contribution in [1.82, 2.24) is 10.3 Å². The Kier molecular flexibility index (Phi) is 4.36. The molecule has 1 saturated heterocycles. The highest BCUT2D eigenvalue weighted by molar-refractivity contribution is 8.00. The van der Waals surface area contributed by atoms with E-state index in [0.717, 1.165) is 23.3 Å². The van der Waals surface area contributed by atoms with Crippen molar-refractivity contribution in [1.29, 1.82) is 0 Å². The minimum absolute atomic E-state index is 0.0488. The summed E-state index contributed by atoms with van der Waals surface area (Å²) in [4.78, 5) is 30.5. The van der Waals surface area contributed by atoms with Crippen LogP contribution in [0.3, 0.4) is 0 Å². The normalized spacial score (nSPS) is 24.9. The number of hydrogen-bond acceptors (Lipinski definition) is 6. The van der Waals surface area contributed by atoms with Crippen LogP contribution in [0.2, 0.25) is 0 Å². The molecule has 0 aliphatic carbocycles. The van der Waals surface area contributed by atoms with Crippen molar-refractivity contribution in [3.63, 3.8) is 0 Å². The minimum atomic E-state index is -0.966. The molecule has 2 unspecified atom stereocenters. The number of benzene rings is 1. The van der Waals surface area contributed by atoms with Crippen molar-refractivity contribution in [2.75, 3.05) is 18.1 Å². The van der Waals surface area contributed by atoms with Gasteiger partial charge in [-0.15, -0.1) is 0 Å². The molecule has 0 bridgehead atoms. The third-order valence-corrected chi connectivity index (χ3v) is 6.63. The number of pyridine rings is 1. The maximum absolute atomic E-state index is 13.0. The van der Waals surface area contributed by atoms with Crippen molar-refractivity contribution in [3.05, 3.63) is 41.6 Å². The lowest BCUT2D eigenvalue weighted by Gasteiger charge is -2.34.